The number of benzene rings is 3. The average Bonchev–Trinajstić information content (AvgIpc) is 3.31. The zero-order chi connectivity index (χ0) is 25.0. The van der Waals surface area contributed by atoms with E-state index in [9.17, 15) is 13.2 Å². The molecule has 35 heavy (non-hydrogen) atoms. The first-order chi connectivity index (χ1) is 16.8. The van der Waals surface area contributed by atoms with Crippen molar-refractivity contribution in [3.63, 3.8) is 0 Å². The van der Waals surface area contributed by atoms with E-state index in [0.717, 1.165) is 5.56 Å². The average molecular weight is 545 g/mol. The van der Waals surface area contributed by atoms with E-state index in [1.807, 2.05) is 13.2 Å². The lowest BCUT2D eigenvalue weighted by molar-refractivity contribution is 0.102. The van der Waals surface area contributed by atoms with Gasteiger partial charge in [0.15, 0.2) is 4.34 Å². The second-order valence-electron chi connectivity index (χ2n) is 7.50. The predicted octanol–water partition coefficient (Wildman–Crippen LogP) is 5.87. The number of rotatable bonds is 8. The number of carbonyl (C=O) groups is 1. The van der Waals surface area contributed by atoms with Crippen molar-refractivity contribution < 1.29 is 13.2 Å². The molecular formula is C24H21ClN4O3S3. The van der Waals surface area contributed by atoms with Gasteiger partial charge in [-0.25, -0.2) is 8.42 Å². The number of sulfonamides is 1. The molecule has 0 spiro atoms. The van der Waals surface area contributed by atoms with Crippen molar-refractivity contribution in [3.05, 3.63) is 94.5 Å². The molecule has 7 nitrogen and oxygen atoms in total. The van der Waals surface area contributed by atoms with Crippen LogP contribution in [0.2, 0.25) is 5.02 Å². The number of amides is 1. The van der Waals surface area contributed by atoms with E-state index in [1.54, 1.807) is 72.8 Å². The molecule has 0 unspecified atom stereocenters. The number of carbonyl (C=O) groups excluding carboxylic acids is 1. The molecule has 1 amide bonds. The summed E-state index contributed by atoms with van der Waals surface area (Å²) in [6.45, 7) is 1.89. The van der Waals surface area contributed by atoms with Crippen LogP contribution in [0.25, 0.3) is 0 Å². The largest absolute Gasteiger partial charge is 0.296 e. The fourth-order valence-corrected chi connectivity index (χ4v) is 6.05. The van der Waals surface area contributed by atoms with E-state index in [1.165, 1.54) is 27.4 Å². The second-order valence-corrected chi connectivity index (χ2v) is 11.8. The van der Waals surface area contributed by atoms with E-state index >= 15 is 0 Å². The van der Waals surface area contributed by atoms with Gasteiger partial charge in [0, 0.05) is 5.02 Å². The molecule has 0 radical (unpaired) electrons. The number of anilines is 2. The number of para-hydroxylation sites is 1. The topological polar surface area (TPSA) is 92.3 Å². The maximum Gasteiger partial charge on any atom is 0.264 e. The predicted molar refractivity (Wildman–Crippen MR) is 142 cm³/mol. The summed E-state index contributed by atoms with van der Waals surface area (Å²) in [4.78, 5) is 13.4. The van der Waals surface area contributed by atoms with E-state index in [4.69, 9.17) is 11.6 Å². The van der Waals surface area contributed by atoms with Crippen LogP contribution in [0.3, 0.4) is 0 Å². The normalized spacial score (nSPS) is 11.3. The molecule has 1 heterocycles. The van der Waals surface area contributed by atoms with Crippen LogP contribution in [0.1, 0.15) is 21.5 Å². The van der Waals surface area contributed by atoms with E-state index < -0.39 is 15.9 Å². The van der Waals surface area contributed by atoms with E-state index in [2.05, 4.69) is 15.5 Å². The van der Waals surface area contributed by atoms with Gasteiger partial charge in [-0.2, -0.15) is 0 Å². The Morgan fingerprint density at radius 1 is 1.03 bits per heavy atom. The van der Waals surface area contributed by atoms with Gasteiger partial charge in [0.05, 0.1) is 22.7 Å². The Balaban J connectivity index is 1.77. The van der Waals surface area contributed by atoms with Gasteiger partial charge in [0.1, 0.15) is 0 Å². The highest BCUT2D eigenvalue weighted by atomic mass is 35.5. The first kappa shape index (κ1) is 25.2. The maximum atomic E-state index is 13.8. The van der Waals surface area contributed by atoms with Crippen molar-refractivity contribution in [1.82, 2.24) is 10.2 Å². The molecule has 4 aromatic rings. The summed E-state index contributed by atoms with van der Waals surface area (Å²) in [5.74, 6) is -0.482. The molecule has 0 saturated carbocycles. The molecule has 180 valence electrons. The van der Waals surface area contributed by atoms with Gasteiger partial charge in [0.25, 0.3) is 15.9 Å². The summed E-state index contributed by atoms with van der Waals surface area (Å²) in [7, 11) is -4.02. The number of hydrogen-bond donors (Lipinski definition) is 1. The Hall–Kier alpha value is -2.92. The fourth-order valence-electron chi connectivity index (χ4n) is 3.28. The van der Waals surface area contributed by atoms with E-state index in [-0.39, 0.29) is 22.7 Å². The molecule has 1 aromatic heterocycles. The molecule has 11 heteroatoms. The first-order valence-corrected chi connectivity index (χ1v) is 14.3. The third-order valence-corrected chi connectivity index (χ3v) is 8.91. The highest BCUT2D eigenvalue weighted by Gasteiger charge is 2.29. The van der Waals surface area contributed by atoms with Gasteiger partial charge < -0.3 is 0 Å². The molecule has 0 atom stereocenters. The molecule has 0 aliphatic heterocycles. The highest BCUT2D eigenvalue weighted by Crippen LogP contribution is 2.31. The lowest BCUT2D eigenvalue weighted by atomic mass is 10.1. The summed E-state index contributed by atoms with van der Waals surface area (Å²) < 4.78 is 29.6. The second kappa shape index (κ2) is 10.8. The van der Waals surface area contributed by atoms with Crippen LogP contribution in [-0.2, 0) is 16.6 Å². The number of aromatic nitrogens is 2. The van der Waals surface area contributed by atoms with Gasteiger partial charge in [0.2, 0.25) is 5.13 Å². The Bertz CT molecular complexity index is 1440. The Kier molecular flexibility index (Phi) is 7.75. The number of aryl methyl sites for hydroxylation is 1. The van der Waals surface area contributed by atoms with Gasteiger partial charge in [-0.15, -0.1) is 10.2 Å². The van der Waals surface area contributed by atoms with Crippen LogP contribution < -0.4 is 9.62 Å². The van der Waals surface area contributed by atoms with Crippen molar-refractivity contribution in [2.75, 3.05) is 15.9 Å². The molecule has 0 fully saturated rings. The van der Waals surface area contributed by atoms with Crippen LogP contribution in [-0.4, -0.2) is 30.8 Å². The van der Waals surface area contributed by atoms with Gasteiger partial charge >= 0.3 is 0 Å². The van der Waals surface area contributed by atoms with Crippen LogP contribution in [0.4, 0.5) is 10.8 Å². The van der Waals surface area contributed by atoms with Crippen molar-refractivity contribution in [2.24, 2.45) is 0 Å². The lowest BCUT2D eigenvalue weighted by Gasteiger charge is -2.26. The Labute approximate surface area is 217 Å². The number of nitrogens with one attached hydrogen (secondary N) is 1. The fraction of sp³-hybridized carbons (Fsp3) is 0.125. The quantitative estimate of drug-likeness (QED) is 0.220. The molecule has 3 aromatic carbocycles. The summed E-state index contributed by atoms with van der Waals surface area (Å²) in [5.41, 5.74) is 2.09. The minimum absolute atomic E-state index is 0.00705. The van der Waals surface area contributed by atoms with Gasteiger partial charge in [-0.05, 0) is 55.1 Å². The summed E-state index contributed by atoms with van der Waals surface area (Å²) in [5, 5.41) is 11.6. The standard InChI is InChI=1S/C24H21ClN4O3S3/c1-16-7-13-19(14-8-16)35(31,32)29(15-17-9-11-18(25)12-10-17)21-6-4-3-5-20(21)22(30)26-23-27-28-24(33-2)34-23/h3-14H,15H2,1-2H3,(H,26,27,30). The van der Waals surface area contributed by atoms with Crippen molar-refractivity contribution in [1.29, 1.82) is 0 Å². The molecule has 0 bridgehead atoms. The van der Waals surface area contributed by atoms with Gasteiger partial charge in [-0.1, -0.05) is 76.7 Å². The SMILES string of the molecule is CSc1nnc(NC(=O)c2ccccc2N(Cc2ccc(Cl)cc2)S(=O)(=O)c2ccc(C)cc2)s1. The molecule has 0 aliphatic carbocycles. The summed E-state index contributed by atoms with van der Waals surface area (Å²) in [6.07, 6.45) is 1.87. The molecule has 0 saturated heterocycles. The van der Waals surface area contributed by atoms with Crippen LogP contribution in [0, 0.1) is 6.92 Å². The Morgan fingerprint density at radius 3 is 2.37 bits per heavy atom. The van der Waals surface area contributed by atoms with Crippen LogP contribution in [0.15, 0.2) is 82.0 Å². The minimum Gasteiger partial charge on any atom is -0.296 e. The van der Waals surface area contributed by atoms with Crippen molar-refractivity contribution >= 4 is 61.4 Å². The number of hydrogen-bond acceptors (Lipinski definition) is 7. The van der Waals surface area contributed by atoms with E-state index in [0.29, 0.717) is 20.1 Å². The molecule has 0 aliphatic rings. The summed E-state index contributed by atoms with van der Waals surface area (Å²) >= 11 is 8.69. The van der Waals surface area contributed by atoms with Crippen molar-refractivity contribution in [2.45, 2.75) is 22.7 Å². The minimum atomic E-state index is -4.02. The number of halogens is 1. The molecular weight excluding hydrogens is 524 g/mol. The molecule has 4 rings (SSSR count). The summed E-state index contributed by atoms with van der Waals surface area (Å²) in [6, 6.07) is 20.1. The first-order valence-electron chi connectivity index (χ1n) is 10.4. The maximum absolute atomic E-state index is 13.8. The monoisotopic (exact) mass is 544 g/mol. The highest BCUT2D eigenvalue weighted by molar-refractivity contribution is 8.00. The number of thioether (sulfide) groups is 1. The molecule has 1 N–H and O–H groups in total. The zero-order valence-electron chi connectivity index (χ0n) is 18.8. The van der Waals surface area contributed by atoms with Crippen LogP contribution >= 0.6 is 34.7 Å². The van der Waals surface area contributed by atoms with Gasteiger partial charge in [-0.3, -0.25) is 14.4 Å². The van der Waals surface area contributed by atoms with Crippen molar-refractivity contribution in [3.8, 4) is 0 Å². The Morgan fingerprint density at radius 2 is 1.71 bits per heavy atom. The third-order valence-electron chi connectivity index (χ3n) is 5.07. The zero-order valence-corrected chi connectivity index (χ0v) is 22.0. The lowest BCUT2D eigenvalue weighted by Crippen LogP contribution is -2.32. The third kappa shape index (κ3) is 5.84. The number of nitrogens with zero attached hydrogens (tertiary/aromatic N) is 3. The smallest absolute Gasteiger partial charge is 0.264 e. The van der Waals surface area contributed by atoms with Crippen LogP contribution in [0.5, 0.6) is 0 Å².